The van der Waals surface area contributed by atoms with Gasteiger partial charge < -0.3 is 35.9 Å². The van der Waals surface area contributed by atoms with Crippen LogP contribution in [0, 0.1) is 0 Å². The normalized spacial score (nSPS) is 14.9. The van der Waals surface area contributed by atoms with Crippen molar-refractivity contribution in [2.24, 2.45) is 5.73 Å². The summed E-state index contributed by atoms with van der Waals surface area (Å²) < 4.78 is 6.94. The number of fused-ring (bicyclic) bond motifs is 2. The molecule has 5 aromatic rings. The van der Waals surface area contributed by atoms with Crippen LogP contribution in [-0.2, 0) is 9.53 Å². The maximum Gasteiger partial charge on any atom is 0.265 e. The number of hydrogen-bond donors (Lipinski definition) is 4. The van der Waals surface area contributed by atoms with Crippen molar-refractivity contribution in [2.75, 3.05) is 54.9 Å². The fraction of sp³-hybridized carbons (Fsp3) is 0.312. The van der Waals surface area contributed by atoms with Gasteiger partial charge in [-0.25, -0.2) is 4.98 Å². The number of carbonyl (C=O) groups is 3. The lowest BCUT2D eigenvalue weighted by Gasteiger charge is -2.27. The first kappa shape index (κ1) is 30.5. The summed E-state index contributed by atoms with van der Waals surface area (Å²) in [5.74, 6) is 0.969. The van der Waals surface area contributed by atoms with Crippen molar-refractivity contribution >= 4 is 57.5 Å². The van der Waals surface area contributed by atoms with Gasteiger partial charge in [-0.15, -0.1) is 5.10 Å². The molecule has 5 heterocycles. The summed E-state index contributed by atoms with van der Waals surface area (Å²) >= 11 is 0. The number of morpholine rings is 1. The number of para-hydroxylation sites is 1. The predicted octanol–water partition coefficient (Wildman–Crippen LogP) is 3.56. The van der Waals surface area contributed by atoms with Gasteiger partial charge in [0.15, 0.2) is 17.3 Å². The number of aromatic nitrogens is 5. The number of hydrogen-bond acceptors (Lipinski definition) is 9. The number of aromatic amines is 1. The SMILES string of the molecule is CC(=O)Nc1cnc2c(Nc3ccc(C(=O)N4CCOCC4)cc3)nc(N3CCCCC3)nn12.NC(=O)c1cc2ccccc2[nH]1. The number of nitrogens with zero attached hydrogens (tertiary/aromatic N) is 6. The molecule has 0 unspecified atom stereocenters. The Balaban J connectivity index is 0.000000259. The van der Waals surface area contributed by atoms with Gasteiger partial charge >= 0.3 is 0 Å². The van der Waals surface area contributed by atoms with E-state index in [4.69, 9.17) is 15.5 Å². The first-order valence-electron chi connectivity index (χ1n) is 15.3. The number of imidazole rings is 1. The van der Waals surface area contributed by atoms with Crippen LogP contribution in [0.15, 0.2) is 60.8 Å². The molecule has 14 nitrogen and oxygen atoms in total. The Bertz CT molecular complexity index is 1820. The number of amides is 3. The molecule has 46 heavy (non-hydrogen) atoms. The van der Waals surface area contributed by atoms with E-state index in [0.717, 1.165) is 42.5 Å². The Morgan fingerprint density at radius 3 is 2.39 bits per heavy atom. The molecule has 0 bridgehead atoms. The van der Waals surface area contributed by atoms with Crippen LogP contribution < -0.4 is 21.3 Å². The molecule has 2 aromatic carbocycles. The smallest absolute Gasteiger partial charge is 0.265 e. The molecule has 0 spiro atoms. The lowest BCUT2D eigenvalue weighted by atomic mass is 10.1. The molecule has 2 aliphatic heterocycles. The summed E-state index contributed by atoms with van der Waals surface area (Å²) in [5, 5.41) is 11.8. The topological polar surface area (TPSA) is 176 Å². The highest BCUT2D eigenvalue weighted by atomic mass is 16.5. The van der Waals surface area contributed by atoms with Gasteiger partial charge in [0, 0.05) is 55.3 Å². The zero-order valence-corrected chi connectivity index (χ0v) is 25.5. The second-order valence-electron chi connectivity index (χ2n) is 11.1. The molecular weight excluding hydrogens is 588 g/mol. The lowest BCUT2D eigenvalue weighted by Crippen LogP contribution is -2.40. The zero-order chi connectivity index (χ0) is 32.0. The molecule has 2 fully saturated rings. The van der Waals surface area contributed by atoms with E-state index in [-0.39, 0.29) is 11.8 Å². The average Bonchev–Trinajstić information content (AvgIpc) is 3.70. The van der Waals surface area contributed by atoms with E-state index in [9.17, 15) is 14.4 Å². The van der Waals surface area contributed by atoms with Crippen molar-refractivity contribution in [2.45, 2.75) is 26.2 Å². The largest absolute Gasteiger partial charge is 0.378 e. The maximum atomic E-state index is 12.7. The van der Waals surface area contributed by atoms with E-state index in [1.807, 2.05) is 36.4 Å². The van der Waals surface area contributed by atoms with E-state index in [2.05, 4.69) is 30.6 Å². The number of primary amides is 1. The van der Waals surface area contributed by atoms with Crippen LogP contribution in [0.2, 0.25) is 0 Å². The number of nitrogens with one attached hydrogen (secondary N) is 3. The van der Waals surface area contributed by atoms with Gasteiger partial charge in [-0.3, -0.25) is 14.4 Å². The highest BCUT2D eigenvalue weighted by Gasteiger charge is 2.21. The number of nitrogens with two attached hydrogens (primary N) is 1. The van der Waals surface area contributed by atoms with E-state index in [1.165, 1.54) is 13.3 Å². The zero-order valence-electron chi connectivity index (χ0n) is 25.5. The molecule has 2 saturated heterocycles. The van der Waals surface area contributed by atoms with Gasteiger partial charge in [0.25, 0.3) is 11.8 Å². The van der Waals surface area contributed by atoms with Crippen LogP contribution >= 0.6 is 0 Å². The molecule has 7 rings (SSSR count). The van der Waals surface area contributed by atoms with Crippen molar-refractivity contribution in [1.29, 1.82) is 0 Å². The van der Waals surface area contributed by atoms with Gasteiger partial charge in [0.05, 0.1) is 19.4 Å². The number of H-pyrrole nitrogens is 1. The van der Waals surface area contributed by atoms with Gasteiger partial charge in [-0.1, -0.05) is 18.2 Å². The van der Waals surface area contributed by atoms with E-state index in [0.29, 0.717) is 60.8 Å². The maximum absolute atomic E-state index is 12.7. The minimum atomic E-state index is -0.425. The Morgan fingerprint density at radius 2 is 1.70 bits per heavy atom. The molecule has 0 aliphatic carbocycles. The standard InChI is InChI=1S/C23H28N8O3.C9H8N2O/c1-16(32)25-19-15-24-21-20(27-23(28-31(19)21)30-9-3-2-4-10-30)26-18-7-5-17(6-8-18)22(33)29-11-13-34-14-12-29;10-9(12)8-5-6-3-1-2-4-7(6)11-8/h5-8,15H,2-4,9-14H2,1H3,(H,25,32)(H,26,27,28);1-5,11H,(H2,10,12). The Labute approximate surface area is 264 Å². The van der Waals surface area contributed by atoms with Gasteiger partial charge in [0.1, 0.15) is 5.69 Å². The molecule has 0 radical (unpaired) electrons. The van der Waals surface area contributed by atoms with Crippen molar-refractivity contribution in [1.82, 2.24) is 29.5 Å². The highest BCUT2D eigenvalue weighted by Crippen LogP contribution is 2.26. The lowest BCUT2D eigenvalue weighted by molar-refractivity contribution is -0.114. The van der Waals surface area contributed by atoms with Gasteiger partial charge in [-0.05, 0) is 55.7 Å². The second kappa shape index (κ2) is 13.6. The van der Waals surface area contributed by atoms with Crippen molar-refractivity contribution in [3.8, 4) is 0 Å². The average molecular weight is 625 g/mol. The second-order valence-corrected chi connectivity index (χ2v) is 11.1. The van der Waals surface area contributed by atoms with Crippen LogP contribution in [-0.4, -0.2) is 86.6 Å². The summed E-state index contributed by atoms with van der Waals surface area (Å²) in [6, 6.07) is 16.7. The molecule has 3 amide bonds. The van der Waals surface area contributed by atoms with Crippen LogP contribution in [0.3, 0.4) is 0 Å². The Hall–Kier alpha value is -5.50. The quantitative estimate of drug-likeness (QED) is 0.220. The number of carbonyl (C=O) groups excluding carboxylic acids is 3. The van der Waals surface area contributed by atoms with Crippen molar-refractivity contribution in [3.05, 3.63) is 72.1 Å². The molecular formula is C32H36N10O4. The molecule has 0 saturated carbocycles. The number of benzene rings is 2. The van der Waals surface area contributed by atoms with Crippen molar-refractivity contribution < 1.29 is 19.1 Å². The molecule has 5 N–H and O–H groups in total. The minimum Gasteiger partial charge on any atom is -0.378 e. The third kappa shape index (κ3) is 6.91. The fourth-order valence-corrected chi connectivity index (χ4v) is 5.44. The molecule has 2 aliphatic rings. The predicted molar refractivity (Wildman–Crippen MR) is 174 cm³/mol. The Kier molecular flexibility index (Phi) is 9.06. The summed E-state index contributed by atoms with van der Waals surface area (Å²) in [4.78, 5) is 51.2. The van der Waals surface area contributed by atoms with Crippen LogP contribution in [0.25, 0.3) is 16.6 Å². The summed E-state index contributed by atoms with van der Waals surface area (Å²) in [6.07, 6.45) is 4.94. The number of ether oxygens (including phenoxy) is 1. The summed E-state index contributed by atoms with van der Waals surface area (Å²) in [5.41, 5.74) is 8.40. The first-order chi connectivity index (χ1) is 22.4. The van der Waals surface area contributed by atoms with Gasteiger partial charge in [0.2, 0.25) is 11.9 Å². The molecule has 3 aromatic heterocycles. The number of rotatable bonds is 6. The number of piperidine rings is 1. The van der Waals surface area contributed by atoms with Crippen LogP contribution in [0.1, 0.15) is 47.0 Å². The third-order valence-electron chi connectivity index (χ3n) is 7.78. The molecule has 0 atom stereocenters. The van der Waals surface area contributed by atoms with Crippen molar-refractivity contribution in [3.63, 3.8) is 0 Å². The minimum absolute atomic E-state index is 0.000123. The molecule has 238 valence electrons. The van der Waals surface area contributed by atoms with Crippen LogP contribution in [0.4, 0.5) is 23.3 Å². The Morgan fingerprint density at radius 1 is 0.957 bits per heavy atom. The summed E-state index contributed by atoms with van der Waals surface area (Å²) in [6.45, 7) is 5.56. The third-order valence-corrected chi connectivity index (χ3v) is 7.78. The number of anilines is 4. The highest BCUT2D eigenvalue weighted by molar-refractivity contribution is 5.97. The first-order valence-corrected chi connectivity index (χ1v) is 15.3. The van der Waals surface area contributed by atoms with Gasteiger partial charge in [-0.2, -0.15) is 9.50 Å². The van der Waals surface area contributed by atoms with Crippen LogP contribution in [0.5, 0.6) is 0 Å². The van der Waals surface area contributed by atoms with E-state index < -0.39 is 5.91 Å². The van der Waals surface area contributed by atoms with E-state index in [1.54, 1.807) is 33.8 Å². The monoisotopic (exact) mass is 624 g/mol. The summed E-state index contributed by atoms with van der Waals surface area (Å²) in [7, 11) is 0. The molecule has 14 heteroatoms. The fourth-order valence-electron chi connectivity index (χ4n) is 5.44. The van der Waals surface area contributed by atoms with E-state index >= 15 is 0 Å².